The number of tetrazole rings is 1. The Morgan fingerprint density at radius 3 is 3.04 bits per heavy atom. The Labute approximate surface area is 136 Å². The van der Waals surface area contributed by atoms with Crippen LogP contribution in [0.15, 0.2) is 24.3 Å². The molecular weight excluding hydrogens is 288 g/mol. The van der Waals surface area contributed by atoms with E-state index in [1.54, 1.807) is 0 Å². The first-order chi connectivity index (χ1) is 11.3. The van der Waals surface area contributed by atoms with E-state index in [0.717, 1.165) is 30.6 Å². The van der Waals surface area contributed by atoms with Crippen LogP contribution in [0.5, 0.6) is 0 Å². The molecule has 1 aliphatic heterocycles. The van der Waals surface area contributed by atoms with E-state index in [1.807, 2.05) is 6.07 Å². The third-order valence-corrected chi connectivity index (χ3v) is 5.27. The van der Waals surface area contributed by atoms with Crippen LogP contribution in [0.3, 0.4) is 0 Å². The second kappa shape index (κ2) is 6.37. The number of rotatable bonds is 6. The normalized spacial score (nSPS) is 23.9. The Bertz CT molecular complexity index is 640. The second-order valence-electron chi connectivity index (χ2n) is 7.00. The maximum atomic E-state index is 4.05. The Hall–Kier alpha value is -1.79. The standard InChI is InChI=1S/C17H24N6/c1-22(7-8-23-12-14-5-6-16(23)10-14)11-13-3-2-4-15(9-13)17-18-20-21-19-17/h2-4,9,14,16H,5-8,10-12H2,1H3,(H,18,19,20,21)/t14-,16+/m1/s1. The summed E-state index contributed by atoms with van der Waals surface area (Å²) in [4.78, 5) is 5.10. The van der Waals surface area contributed by atoms with Gasteiger partial charge in [0.05, 0.1) is 0 Å². The lowest BCUT2D eigenvalue weighted by Crippen LogP contribution is -2.38. The van der Waals surface area contributed by atoms with Crippen molar-refractivity contribution in [2.45, 2.75) is 31.8 Å². The summed E-state index contributed by atoms with van der Waals surface area (Å²) in [6, 6.07) is 9.27. The number of aromatic nitrogens is 4. The van der Waals surface area contributed by atoms with Crippen LogP contribution in [-0.4, -0.2) is 63.1 Å². The van der Waals surface area contributed by atoms with Crippen molar-refractivity contribution in [3.05, 3.63) is 29.8 Å². The molecule has 23 heavy (non-hydrogen) atoms. The Morgan fingerprint density at radius 2 is 2.30 bits per heavy atom. The Kier molecular flexibility index (Phi) is 4.10. The summed E-state index contributed by atoms with van der Waals surface area (Å²) in [5, 5.41) is 14.2. The third-order valence-electron chi connectivity index (χ3n) is 5.27. The first kappa shape index (κ1) is 14.8. The minimum atomic E-state index is 0.655. The van der Waals surface area contributed by atoms with E-state index >= 15 is 0 Å². The van der Waals surface area contributed by atoms with Gasteiger partial charge in [0.15, 0.2) is 0 Å². The van der Waals surface area contributed by atoms with Crippen LogP contribution < -0.4 is 0 Å². The molecular formula is C17H24N6. The van der Waals surface area contributed by atoms with Crippen molar-refractivity contribution in [2.75, 3.05) is 26.7 Å². The molecule has 1 aliphatic carbocycles. The van der Waals surface area contributed by atoms with E-state index in [-0.39, 0.29) is 0 Å². The molecule has 2 heterocycles. The highest BCUT2D eigenvalue weighted by molar-refractivity contribution is 5.54. The van der Waals surface area contributed by atoms with Gasteiger partial charge in [-0.2, -0.15) is 5.21 Å². The highest BCUT2D eigenvalue weighted by Crippen LogP contribution is 2.36. The monoisotopic (exact) mass is 312 g/mol. The summed E-state index contributed by atoms with van der Waals surface area (Å²) < 4.78 is 0. The SMILES string of the molecule is CN(CCN1C[C@@H]2CC[C@H]1C2)Cc1cccc(-c2nn[nH]n2)c1. The summed E-state index contributed by atoms with van der Waals surface area (Å²) in [6.45, 7) is 4.59. The number of likely N-dealkylation sites (N-methyl/N-ethyl adjacent to an activating group) is 1. The van der Waals surface area contributed by atoms with Crippen molar-refractivity contribution in [1.29, 1.82) is 0 Å². The summed E-state index contributed by atoms with van der Waals surface area (Å²) >= 11 is 0. The van der Waals surface area contributed by atoms with Gasteiger partial charge in [-0.1, -0.05) is 18.2 Å². The van der Waals surface area contributed by atoms with Crippen LogP contribution in [0.1, 0.15) is 24.8 Å². The molecule has 0 unspecified atom stereocenters. The molecule has 2 atom stereocenters. The number of fused-ring (bicyclic) bond motifs is 2. The van der Waals surface area contributed by atoms with Gasteiger partial charge < -0.3 is 4.90 Å². The van der Waals surface area contributed by atoms with Crippen molar-refractivity contribution in [1.82, 2.24) is 30.4 Å². The number of aromatic amines is 1. The lowest BCUT2D eigenvalue weighted by atomic mass is 10.1. The molecule has 0 amide bonds. The van der Waals surface area contributed by atoms with Crippen LogP contribution in [0.2, 0.25) is 0 Å². The molecule has 2 fully saturated rings. The van der Waals surface area contributed by atoms with Gasteiger partial charge >= 0.3 is 0 Å². The van der Waals surface area contributed by atoms with Gasteiger partial charge in [0.1, 0.15) is 0 Å². The van der Waals surface area contributed by atoms with Gasteiger partial charge in [-0.05, 0) is 49.1 Å². The third kappa shape index (κ3) is 3.28. The molecule has 1 saturated carbocycles. The topological polar surface area (TPSA) is 60.9 Å². The predicted molar refractivity (Wildman–Crippen MR) is 88.6 cm³/mol. The van der Waals surface area contributed by atoms with Gasteiger partial charge in [0.2, 0.25) is 5.82 Å². The highest BCUT2D eigenvalue weighted by atomic mass is 15.5. The van der Waals surface area contributed by atoms with E-state index in [2.05, 4.69) is 55.7 Å². The minimum absolute atomic E-state index is 0.655. The van der Waals surface area contributed by atoms with Crippen LogP contribution in [-0.2, 0) is 6.54 Å². The maximum absolute atomic E-state index is 4.05. The zero-order chi connectivity index (χ0) is 15.6. The number of piperidine rings is 1. The van der Waals surface area contributed by atoms with Crippen LogP contribution in [0.25, 0.3) is 11.4 Å². The molecule has 6 heteroatoms. The highest BCUT2D eigenvalue weighted by Gasteiger charge is 2.37. The van der Waals surface area contributed by atoms with Crippen molar-refractivity contribution in [2.24, 2.45) is 5.92 Å². The number of hydrogen-bond acceptors (Lipinski definition) is 5. The first-order valence-electron chi connectivity index (χ1n) is 8.53. The summed E-state index contributed by atoms with van der Waals surface area (Å²) in [7, 11) is 2.20. The number of nitrogens with zero attached hydrogens (tertiary/aromatic N) is 5. The molecule has 1 aromatic heterocycles. The van der Waals surface area contributed by atoms with Crippen LogP contribution in [0.4, 0.5) is 0 Å². The molecule has 0 spiro atoms. The van der Waals surface area contributed by atoms with Gasteiger partial charge in [-0.25, -0.2) is 0 Å². The number of hydrogen-bond donors (Lipinski definition) is 1. The average Bonchev–Trinajstić information content (AvgIpc) is 3.30. The zero-order valence-electron chi connectivity index (χ0n) is 13.6. The molecule has 6 nitrogen and oxygen atoms in total. The average molecular weight is 312 g/mol. The molecule has 1 N–H and O–H groups in total. The van der Waals surface area contributed by atoms with Crippen molar-refractivity contribution in [3.63, 3.8) is 0 Å². The lowest BCUT2D eigenvalue weighted by molar-refractivity contribution is 0.182. The molecule has 2 aliphatic rings. The smallest absolute Gasteiger partial charge is 0.204 e. The largest absolute Gasteiger partial charge is 0.301 e. The maximum Gasteiger partial charge on any atom is 0.204 e. The number of likely N-dealkylation sites (tertiary alicyclic amines) is 1. The fourth-order valence-corrected chi connectivity index (χ4v) is 4.08. The fraction of sp³-hybridized carbons (Fsp3) is 0.588. The molecule has 2 bridgehead atoms. The Balaban J connectivity index is 1.32. The number of nitrogens with one attached hydrogen (secondary N) is 1. The van der Waals surface area contributed by atoms with Crippen molar-refractivity contribution >= 4 is 0 Å². The van der Waals surface area contributed by atoms with E-state index in [0.29, 0.717) is 5.82 Å². The summed E-state index contributed by atoms with van der Waals surface area (Å²) in [6.07, 6.45) is 4.32. The van der Waals surface area contributed by atoms with Crippen LogP contribution >= 0.6 is 0 Å². The van der Waals surface area contributed by atoms with Crippen LogP contribution in [0, 0.1) is 5.92 Å². The second-order valence-corrected chi connectivity index (χ2v) is 7.00. The van der Waals surface area contributed by atoms with E-state index in [1.165, 1.54) is 37.9 Å². The number of benzene rings is 1. The molecule has 4 rings (SSSR count). The Morgan fingerprint density at radius 1 is 1.35 bits per heavy atom. The summed E-state index contributed by atoms with van der Waals surface area (Å²) in [5.74, 6) is 1.64. The zero-order valence-corrected chi connectivity index (χ0v) is 13.6. The van der Waals surface area contributed by atoms with E-state index in [9.17, 15) is 0 Å². The predicted octanol–water partition coefficient (Wildman–Crippen LogP) is 1.78. The molecule has 1 saturated heterocycles. The molecule has 0 radical (unpaired) electrons. The molecule has 122 valence electrons. The van der Waals surface area contributed by atoms with Gasteiger partial charge in [-0.15, -0.1) is 10.2 Å². The van der Waals surface area contributed by atoms with E-state index in [4.69, 9.17) is 0 Å². The van der Waals surface area contributed by atoms with Gasteiger partial charge in [-0.3, -0.25) is 4.90 Å². The van der Waals surface area contributed by atoms with E-state index < -0.39 is 0 Å². The minimum Gasteiger partial charge on any atom is -0.301 e. The first-order valence-corrected chi connectivity index (χ1v) is 8.53. The van der Waals surface area contributed by atoms with Gasteiger partial charge in [0.25, 0.3) is 0 Å². The van der Waals surface area contributed by atoms with Crippen molar-refractivity contribution < 1.29 is 0 Å². The quantitative estimate of drug-likeness (QED) is 0.881. The fourth-order valence-electron chi connectivity index (χ4n) is 4.08. The van der Waals surface area contributed by atoms with Crippen molar-refractivity contribution in [3.8, 4) is 11.4 Å². The summed E-state index contributed by atoms with van der Waals surface area (Å²) in [5.41, 5.74) is 2.30. The van der Waals surface area contributed by atoms with Gasteiger partial charge in [0, 0.05) is 37.8 Å². The molecule has 2 aromatic rings. The molecule has 1 aromatic carbocycles. The lowest BCUT2D eigenvalue weighted by Gasteiger charge is -2.28. The number of H-pyrrole nitrogens is 1.